The van der Waals surface area contributed by atoms with E-state index in [0.29, 0.717) is 12.8 Å². The summed E-state index contributed by atoms with van der Waals surface area (Å²) in [6.45, 7) is 17.1. The van der Waals surface area contributed by atoms with Crippen LogP contribution in [0.1, 0.15) is 75.2 Å². The first-order valence-electron chi connectivity index (χ1n) is 11.2. The van der Waals surface area contributed by atoms with Crippen LogP contribution in [0.2, 0.25) is 0 Å². The van der Waals surface area contributed by atoms with E-state index in [9.17, 15) is 19.5 Å². The Morgan fingerprint density at radius 1 is 1.06 bits per heavy atom. The number of nitrogens with one attached hydrogen (secondary N) is 1. The van der Waals surface area contributed by atoms with E-state index in [1.165, 1.54) is 11.8 Å². The molecule has 182 valence electrons. The average molecular weight is 443 g/mol. The van der Waals surface area contributed by atoms with Gasteiger partial charge in [-0.2, -0.15) is 0 Å². The van der Waals surface area contributed by atoms with Crippen LogP contribution in [0.15, 0.2) is 11.6 Å². The molecule has 0 radical (unpaired) electrons. The fourth-order valence-corrected chi connectivity index (χ4v) is 3.14. The van der Waals surface area contributed by atoms with E-state index in [1.807, 2.05) is 34.6 Å². The Morgan fingerprint density at radius 3 is 1.87 bits per heavy atom. The van der Waals surface area contributed by atoms with Crippen molar-refractivity contribution in [2.45, 2.75) is 81.2 Å². The quantitative estimate of drug-likeness (QED) is 0.423. The van der Waals surface area contributed by atoms with E-state index in [1.54, 1.807) is 13.1 Å². The highest BCUT2D eigenvalue weighted by atomic mass is 16.4. The van der Waals surface area contributed by atoms with Gasteiger partial charge in [0.15, 0.2) is 0 Å². The van der Waals surface area contributed by atoms with Crippen LogP contribution < -0.4 is 5.32 Å². The molecule has 0 aromatic rings. The van der Waals surface area contributed by atoms with Crippen LogP contribution in [0.25, 0.3) is 0 Å². The maximum atomic E-state index is 12.6. The van der Waals surface area contributed by atoms with E-state index < -0.39 is 17.4 Å². The van der Waals surface area contributed by atoms with Crippen molar-refractivity contribution in [2.24, 2.45) is 23.2 Å². The van der Waals surface area contributed by atoms with Gasteiger partial charge in [0.05, 0.1) is 24.6 Å². The number of carbonyl (C=O) groups excluding carboxylic acids is 2. The summed E-state index contributed by atoms with van der Waals surface area (Å²) < 4.78 is 0. The molecule has 2 atom stereocenters. The largest absolute Gasteiger partial charge is 0.478 e. The lowest BCUT2D eigenvalue weighted by atomic mass is 9.77. The van der Waals surface area contributed by atoms with Crippen molar-refractivity contribution in [2.75, 3.05) is 20.2 Å². The molecule has 0 heterocycles. The van der Waals surface area contributed by atoms with Gasteiger partial charge in [0.1, 0.15) is 0 Å². The lowest BCUT2D eigenvalue weighted by Gasteiger charge is -2.32. The highest BCUT2D eigenvalue weighted by Crippen LogP contribution is 2.30. The first kappa shape index (κ1) is 31.3. The van der Waals surface area contributed by atoms with Crippen molar-refractivity contribution in [3.05, 3.63) is 11.6 Å². The Hall–Kier alpha value is -1.89. The molecule has 3 N–H and O–H groups in total. The molecule has 0 rings (SSSR count). The van der Waals surface area contributed by atoms with Crippen LogP contribution in [0.4, 0.5) is 0 Å². The molecule has 0 saturated carbocycles. The summed E-state index contributed by atoms with van der Waals surface area (Å²) in [6.07, 6.45) is 2.56. The summed E-state index contributed by atoms with van der Waals surface area (Å²) >= 11 is 0. The number of aliphatic hydroxyl groups excluding tert-OH is 1. The summed E-state index contributed by atoms with van der Waals surface area (Å²) in [5, 5.41) is 21.5. The maximum absolute atomic E-state index is 12.6. The molecular weight excluding hydrogens is 396 g/mol. The van der Waals surface area contributed by atoms with Gasteiger partial charge in [-0.25, -0.2) is 4.79 Å². The Morgan fingerprint density at radius 2 is 1.55 bits per heavy atom. The van der Waals surface area contributed by atoms with Crippen molar-refractivity contribution >= 4 is 17.8 Å². The Kier molecular flexibility index (Phi) is 15.1. The summed E-state index contributed by atoms with van der Waals surface area (Å²) in [5.74, 6) is -0.600. The molecule has 0 saturated heterocycles. The number of aliphatic carboxylic acids is 1. The monoisotopic (exact) mass is 442 g/mol. The Bertz CT molecular complexity index is 590. The van der Waals surface area contributed by atoms with Crippen LogP contribution in [-0.2, 0) is 14.4 Å². The molecule has 7 nitrogen and oxygen atoms in total. The molecule has 0 aliphatic heterocycles. The van der Waals surface area contributed by atoms with Crippen LogP contribution in [-0.4, -0.2) is 59.1 Å². The van der Waals surface area contributed by atoms with Crippen molar-refractivity contribution in [1.82, 2.24) is 10.2 Å². The summed E-state index contributed by atoms with van der Waals surface area (Å²) in [7, 11) is 1.60. The third-order valence-corrected chi connectivity index (χ3v) is 4.94. The fraction of sp³-hybridized carbons (Fsp3) is 0.792. The first-order valence-corrected chi connectivity index (χ1v) is 11.2. The number of carbonyl (C=O) groups is 3. The minimum Gasteiger partial charge on any atom is -0.478 e. The van der Waals surface area contributed by atoms with E-state index >= 15 is 0 Å². The van der Waals surface area contributed by atoms with Gasteiger partial charge in [-0.05, 0) is 37.5 Å². The molecule has 2 amide bonds. The van der Waals surface area contributed by atoms with Gasteiger partial charge in [-0.15, -0.1) is 0 Å². The minimum atomic E-state index is -1.03. The molecule has 0 bridgehead atoms. The van der Waals surface area contributed by atoms with Crippen LogP contribution in [0, 0.1) is 23.2 Å². The lowest BCUT2D eigenvalue weighted by molar-refractivity contribution is -0.139. The fourth-order valence-electron chi connectivity index (χ4n) is 3.14. The second-order valence-corrected chi connectivity index (χ2v) is 9.70. The smallest absolute Gasteiger partial charge is 0.331 e. The van der Waals surface area contributed by atoms with E-state index in [2.05, 4.69) is 26.1 Å². The summed E-state index contributed by atoms with van der Waals surface area (Å²) in [5.41, 5.74) is -0.732. The maximum Gasteiger partial charge on any atom is 0.331 e. The first-order chi connectivity index (χ1) is 14.1. The molecule has 0 aliphatic rings. The van der Waals surface area contributed by atoms with Crippen LogP contribution >= 0.6 is 0 Å². The number of hydrogen-bond donors (Lipinski definition) is 3. The third-order valence-electron chi connectivity index (χ3n) is 4.94. The van der Waals surface area contributed by atoms with Crippen LogP contribution in [0.5, 0.6) is 0 Å². The normalized spacial score (nSPS) is 14.6. The zero-order valence-corrected chi connectivity index (χ0v) is 21.3. The standard InChI is InChI=1S/C20H36N2O5.C4H10/c1-8-20(12-23,10-13(2)3)19(27)21-11-17(24)22(7)16(14(4)5)9-15(6)18(25)26;1-4(2)3/h9,13-14,16,23H,8,10-12H2,1-7H3,(H,21,27)(H,25,26);4H,1-3H3/b15-9+;/t16-,20?;/m1./s1. The number of hydrogen-bond acceptors (Lipinski definition) is 4. The molecule has 1 unspecified atom stereocenters. The number of amides is 2. The number of nitrogens with zero attached hydrogens (tertiary/aromatic N) is 1. The molecular formula is C24H46N2O5. The third kappa shape index (κ3) is 11.9. The van der Waals surface area contributed by atoms with Gasteiger partial charge < -0.3 is 20.4 Å². The van der Waals surface area contributed by atoms with E-state index in [0.717, 1.165) is 5.92 Å². The Balaban J connectivity index is 0. The van der Waals surface area contributed by atoms with Crippen molar-refractivity contribution in [1.29, 1.82) is 0 Å². The van der Waals surface area contributed by atoms with Gasteiger partial charge >= 0.3 is 5.97 Å². The Labute approximate surface area is 189 Å². The zero-order chi connectivity index (χ0) is 24.9. The molecule has 0 aromatic heterocycles. The molecule has 0 aliphatic carbocycles. The number of aliphatic hydroxyl groups is 1. The van der Waals surface area contributed by atoms with E-state index in [4.69, 9.17) is 5.11 Å². The van der Waals surface area contributed by atoms with Crippen molar-refractivity contribution < 1.29 is 24.6 Å². The van der Waals surface area contributed by atoms with Gasteiger partial charge in [0.2, 0.25) is 11.8 Å². The number of carboxylic acid groups (broad SMARTS) is 1. The number of rotatable bonds is 11. The van der Waals surface area contributed by atoms with E-state index in [-0.39, 0.29) is 42.4 Å². The second kappa shape index (κ2) is 15.0. The van der Waals surface area contributed by atoms with Crippen molar-refractivity contribution in [3.63, 3.8) is 0 Å². The molecule has 31 heavy (non-hydrogen) atoms. The second-order valence-electron chi connectivity index (χ2n) is 9.70. The average Bonchev–Trinajstić information content (AvgIpc) is 2.66. The SMILES string of the molecule is CC(C)C.CCC(CO)(CC(C)C)C(=O)NCC(=O)N(C)[C@H](/C=C(\C)C(=O)O)C(C)C. The highest BCUT2D eigenvalue weighted by Gasteiger charge is 2.37. The topological polar surface area (TPSA) is 107 Å². The molecule has 0 aromatic carbocycles. The number of carboxylic acids is 1. The molecule has 7 heteroatoms. The predicted octanol–water partition coefficient (Wildman–Crippen LogP) is 3.71. The zero-order valence-electron chi connectivity index (χ0n) is 21.3. The van der Waals surface area contributed by atoms with Gasteiger partial charge in [0.25, 0.3) is 0 Å². The van der Waals surface area contributed by atoms with Gasteiger partial charge in [-0.1, -0.05) is 61.5 Å². The number of likely N-dealkylation sites (N-methyl/N-ethyl adjacent to an activating group) is 1. The summed E-state index contributed by atoms with van der Waals surface area (Å²) in [4.78, 5) is 37.7. The van der Waals surface area contributed by atoms with Gasteiger partial charge in [-0.3, -0.25) is 9.59 Å². The van der Waals surface area contributed by atoms with Crippen molar-refractivity contribution in [3.8, 4) is 0 Å². The molecule has 0 spiro atoms. The molecule has 0 fully saturated rings. The summed E-state index contributed by atoms with van der Waals surface area (Å²) in [6, 6.07) is -0.394. The minimum absolute atomic E-state index is 0.0112. The predicted molar refractivity (Wildman–Crippen MR) is 126 cm³/mol. The lowest BCUT2D eigenvalue weighted by Crippen LogP contribution is -2.49. The van der Waals surface area contributed by atoms with Gasteiger partial charge in [0, 0.05) is 12.6 Å². The van der Waals surface area contributed by atoms with Crippen LogP contribution in [0.3, 0.4) is 0 Å². The highest BCUT2D eigenvalue weighted by molar-refractivity contribution is 5.88.